The fourth-order valence-electron chi connectivity index (χ4n) is 3.16. The maximum absolute atomic E-state index is 3.73. The Labute approximate surface area is 89.7 Å². The third-order valence-electron chi connectivity index (χ3n) is 3.93. The number of hydrogen-bond donors (Lipinski definition) is 0. The summed E-state index contributed by atoms with van der Waals surface area (Å²) >= 11 is 1.82. The predicted octanol–water partition coefficient (Wildman–Crippen LogP) is 3.94. The third-order valence-corrected chi connectivity index (χ3v) is 4.62. The highest BCUT2D eigenvalue weighted by atomic mass is 32.1. The number of fused-ring (bicyclic) bond motifs is 1. The molecule has 1 heterocycles. The Kier molecular flexibility index (Phi) is 1.85. The van der Waals surface area contributed by atoms with Crippen LogP contribution >= 0.6 is 11.3 Å². The first-order valence-corrected chi connectivity index (χ1v) is 6.47. The predicted molar refractivity (Wildman–Crippen MR) is 60.4 cm³/mol. The minimum atomic E-state index is 0.311. The van der Waals surface area contributed by atoms with Gasteiger partial charge in [0.1, 0.15) is 0 Å². The summed E-state index contributed by atoms with van der Waals surface area (Å²) in [5.41, 5.74) is 3.45. The summed E-state index contributed by atoms with van der Waals surface area (Å²) in [6, 6.07) is 2.29. The van der Waals surface area contributed by atoms with E-state index in [0.29, 0.717) is 5.41 Å². The van der Waals surface area contributed by atoms with Gasteiger partial charge < -0.3 is 0 Å². The Hall–Kier alpha value is -0.560. The fraction of sp³-hybridized carbons (Fsp3) is 0.538. The zero-order chi connectivity index (χ0) is 9.60. The molecule has 2 unspecified atom stereocenters. The quantitative estimate of drug-likeness (QED) is 0.683. The lowest BCUT2D eigenvalue weighted by atomic mass is 9.59. The highest BCUT2D eigenvalue weighted by Crippen LogP contribution is 2.56. The van der Waals surface area contributed by atoms with Crippen LogP contribution in [-0.4, -0.2) is 0 Å². The summed E-state index contributed by atoms with van der Waals surface area (Å²) in [7, 11) is 0. The van der Waals surface area contributed by atoms with Crippen molar-refractivity contribution in [3.8, 4) is 0 Å². The van der Waals surface area contributed by atoms with Crippen LogP contribution in [0.4, 0.5) is 0 Å². The summed E-state index contributed by atoms with van der Waals surface area (Å²) < 4.78 is 0. The lowest BCUT2D eigenvalue weighted by molar-refractivity contribution is 0.309. The Morgan fingerprint density at radius 2 is 2.57 bits per heavy atom. The first kappa shape index (κ1) is 8.72. The van der Waals surface area contributed by atoms with Gasteiger partial charge >= 0.3 is 0 Å². The van der Waals surface area contributed by atoms with E-state index in [0.717, 1.165) is 5.92 Å². The first-order valence-electron chi connectivity index (χ1n) is 5.53. The Balaban J connectivity index is 2.03. The van der Waals surface area contributed by atoms with Crippen molar-refractivity contribution in [3.05, 3.63) is 34.0 Å². The van der Waals surface area contributed by atoms with Crippen LogP contribution in [0.1, 0.15) is 38.2 Å². The molecule has 0 bridgehead atoms. The van der Waals surface area contributed by atoms with Crippen molar-refractivity contribution in [3.63, 3.8) is 0 Å². The van der Waals surface area contributed by atoms with E-state index in [1.807, 2.05) is 11.3 Å². The normalized spacial score (nSPS) is 34.9. The molecule has 0 spiro atoms. The second-order valence-electron chi connectivity index (χ2n) is 4.43. The van der Waals surface area contributed by atoms with Crippen molar-refractivity contribution in [2.24, 2.45) is 5.92 Å². The summed E-state index contributed by atoms with van der Waals surface area (Å²) in [5.74, 6) is 0.835. The van der Waals surface area contributed by atoms with E-state index in [-0.39, 0.29) is 0 Å². The van der Waals surface area contributed by atoms with Gasteiger partial charge in [-0.25, -0.2) is 0 Å². The topological polar surface area (TPSA) is 0 Å². The van der Waals surface area contributed by atoms with E-state index in [1.54, 1.807) is 5.57 Å². The van der Waals surface area contributed by atoms with Gasteiger partial charge in [0.05, 0.1) is 0 Å². The summed E-state index contributed by atoms with van der Waals surface area (Å²) in [6.45, 7) is 2.31. The number of rotatable bonds is 2. The summed E-state index contributed by atoms with van der Waals surface area (Å²) in [4.78, 5) is 0. The number of hydrogen-bond acceptors (Lipinski definition) is 1. The maximum Gasteiger partial charge on any atom is 0.0276 e. The molecule has 1 saturated carbocycles. The number of allylic oxidation sites excluding steroid dienone is 2. The first-order chi connectivity index (χ1) is 6.87. The molecule has 1 radical (unpaired) electrons. The van der Waals surface area contributed by atoms with Gasteiger partial charge in [-0.1, -0.05) is 12.5 Å². The van der Waals surface area contributed by atoms with E-state index in [1.165, 1.54) is 31.2 Å². The maximum atomic E-state index is 3.73. The Morgan fingerprint density at radius 1 is 1.64 bits per heavy atom. The molecule has 73 valence electrons. The average molecular weight is 203 g/mol. The molecule has 0 aromatic carbocycles. The molecule has 0 saturated heterocycles. The van der Waals surface area contributed by atoms with Crippen molar-refractivity contribution in [2.45, 2.75) is 38.0 Å². The van der Waals surface area contributed by atoms with Gasteiger partial charge in [0.15, 0.2) is 0 Å². The monoisotopic (exact) mass is 203 g/mol. The van der Waals surface area contributed by atoms with Crippen LogP contribution in [0.3, 0.4) is 0 Å². The van der Waals surface area contributed by atoms with Crippen molar-refractivity contribution in [2.75, 3.05) is 0 Å². The van der Waals surface area contributed by atoms with Crippen molar-refractivity contribution in [1.29, 1.82) is 0 Å². The van der Waals surface area contributed by atoms with Gasteiger partial charge in [-0.2, -0.15) is 11.3 Å². The van der Waals surface area contributed by atoms with E-state index in [9.17, 15) is 0 Å². The van der Waals surface area contributed by atoms with Crippen LogP contribution in [0.25, 0.3) is 0 Å². The standard InChI is InChI=1S/C13H15S/c1-2-13(11-6-7-14-9-11)8-10-4-3-5-12(10)13/h6-7,9,12H,2-5H2,1H3. The largest absolute Gasteiger partial charge is 0.152 e. The van der Waals surface area contributed by atoms with Crippen LogP contribution < -0.4 is 0 Å². The van der Waals surface area contributed by atoms with Crippen LogP contribution in [0.5, 0.6) is 0 Å². The molecule has 14 heavy (non-hydrogen) atoms. The minimum Gasteiger partial charge on any atom is -0.152 e. The zero-order valence-corrected chi connectivity index (χ0v) is 9.36. The molecule has 1 aromatic heterocycles. The second kappa shape index (κ2) is 2.96. The van der Waals surface area contributed by atoms with Crippen LogP contribution in [0.2, 0.25) is 0 Å². The highest BCUT2D eigenvalue weighted by molar-refractivity contribution is 7.08. The summed E-state index contributed by atoms with van der Waals surface area (Å²) in [5, 5.41) is 4.51. The molecule has 0 amide bonds. The van der Waals surface area contributed by atoms with Gasteiger partial charge in [-0.15, -0.1) is 0 Å². The fourth-order valence-corrected chi connectivity index (χ4v) is 3.90. The van der Waals surface area contributed by atoms with Gasteiger partial charge in [-0.3, -0.25) is 0 Å². The van der Waals surface area contributed by atoms with Gasteiger partial charge in [0, 0.05) is 5.41 Å². The second-order valence-corrected chi connectivity index (χ2v) is 5.21. The van der Waals surface area contributed by atoms with Gasteiger partial charge in [0.2, 0.25) is 0 Å². The van der Waals surface area contributed by atoms with Crippen LogP contribution in [0.15, 0.2) is 22.4 Å². The average Bonchev–Trinajstić information content (AvgIpc) is 2.79. The van der Waals surface area contributed by atoms with Gasteiger partial charge in [-0.05, 0) is 60.1 Å². The highest BCUT2D eigenvalue weighted by Gasteiger charge is 2.48. The molecule has 3 rings (SSSR count). The van der Waals surface area contributed by atoms with Crippen molar-refractivity contribution >= 4 is 11.3 Å². The lowest BCUT2D eigenvalue weighted by Crippen LogP contribution is -2.40. The minimum absolute atomic E-state index is 0.311. The molecule has 2 aliphatic rings. The molecule has 0 aliphatic heterocycles. The Bertz CT molecular complexity index is 361. The molecule has 1 heteroatoms. The van der Waals surface area contributed by atoms with Crippen molar-refractivity contribution < 1.29 is 0 Å². The Morgan fingerprint density at radius 3 is 3.21 bits per heavy atom. The van der Waals surface area contributed by atoms with E-state index in [4.69, 9.17) is 0 Å². The lowest BCUT2D eigenvalue weighted by Gasteiger charge is -2.44. The molecule has 2 atom stereocenters. The van der Waals surface area contributed by atoms with Crippen LogP contribution in [-0.2, 0) is 5.41 Å². The molecule has 1 fully saturated rings. The smallest absolute Gasteiger partial charge is 0.0276 e. The third kappa shape index (κ3) is 0.939. The van der Waals surface area contributed by atoms with E-state index in [2.05, 4.69) is 29.8 Å². The molecular formula is C13H15S. The number of thiophene rings is 1. The molecular weight excluding hydrogens is 188 g/mol. The van der Waals surface area contributed by atoms with E-state index < -0.39 is 0 Å². The molecule has 1 aromatic rings. The summed E-state index contributed by atoms with van der Waals surface area (Å²) in [6.07, 6.45) is 9.05. The zero-order valence-electron chi connectivity index (χ0n) is 8.55. The molecule has 2 aliphatic carbocycles. The molecule has 0 nitrogen and oxygen atoms in total. The van der Waals surface area contributed by atoms with Gasteiger partial charge in [0.25, 0.3) is 0 Å². The molecule has 0 N–H and O–H groups in total. The SMILES string of the molecule is CCC1(c2ccsc2)[C]=C2CCCC21. The van der Waals surface area contributed by atoms with Crippen LogP contribution in [0, 0.1) is 12.0 Å². The van der Waals surface area contributed by atoms with Crippen molar-refractivity contribution in [1.82, 2.24) is 0 Å². The van der Waals surface area contributed by atoms with E-state index >= 15 is 0 Å².